The number of nitrogens with zero attached hydrogens (tertiary/aromatic N) is 3. The predicted octanol–water partition coefficient (Wildman–Crippen LogP) is 1.02. The fourth-order valence-electron chi connectivity index (χ4n) is 2.73. The smallest absolute Gasteiger partial charge is 0.341 e. The third-order valence-electron chi connectivity index (χ3n) is 3.62. The lowest BCUT2D eigenvalue weighted by Crippen LogP contribution is -2.46. The van der Waals surface area contributed by atoms with E-state index in [1.807, 2.05) is 0 Å². The molecule has 0 amide bonds. The summed E-state index contributed by atoms with van der Waals surface area (Å²) in [7, 11) is 0. The molecule has 19 heavy (non-hydrogen) atoms. The van der Waals surface area contributed by atoms with Crippen molar-refractivity contribution in [2.75, 3.05) is 24.7 Å². The first kappa shape index (κ1) is 12.3. The Balaban J connectivity index is 1.77. The van der Waals surface area contributed by atoms with Crippen LogP contribution in [0, 0.1) is 0 Å². The van der Waals surface area contributed by atoms with E-state index >= 15 is 0 Å². The summed E-state index contributed by atoms with van der Waals surface area (Å²) in [6, 6.07) is 0.736. The summed E-state index contributed by atoms with van der Waals surface area (Å²) in [4.78, 5) is 22.4. The Bertz CT molecular complexity index is 447. The van der Waals surface area contributed by atoms with Gasteiger partial charge in [-0.1, -0.05) is 0 Å². The minimum absolute atomic E-state index is 0.355. The Hall–Kier alpha value is -1.69. The van der Waals surface area contributed by atoms with Crippen LogP contribution in [0.2, 0.25) is 0 Å². The van der Waals surface area contributed by atoms with Gasteiger partial charge in [-0.3, -0.25) is 0 Å². The van der Waals surface area contributed by atoms with E-state index in [9.17, 15) is 4.79 Å². The minimum Gasteiger partial charge on any atom is -0.462 e. The average Bonchev–Trinajstić information content (AvgIpc) is 2.68. The van der Waals surface area contributed by atoms with Crippen LogP contribution in [0.15, 0.2) is 12.4 Å². The van der Waals surface area contributed by atoms with Gasteiger partial charge in [-0.2, -0.15) is 0 Å². The van der Waals surface area contributed by atoms with E-state index in [1.165, 1.54) is 12.4 Å². The van der Waals surface area contributed by atoms with Crippen molar-refractivity contribution in [2.24, 2.45) is 0 Å². The van der Waals surface area contributed by atoms with Crippen molar-refractivity contribution < 1.29 is 14.3 Å². The molecule has 2 fully saturated rings. The number of carbonyl (C=O) groups is 1. The molecule has 0 saturated carbocycles. The fourth-order valence-corrected chi connectivity index (χ4v) is 2.73. The fraction of sp³-hybridized carbons (Fsp3) is 0.615. The van der Waals surface area contributed by atoms with Gasteiger partial charge in [0, 0.05) is 12.4 Å². The highest BCUT2D eigenvalue weighted by atomic mass is 16.5. The number of anilines is 1. The molecule has 1 aromatic rings. The standard InChI is InChI=1S/C13H17N3O3/c1-2-19-12(17)9-5-14-13(15-6-9)16-10-3-4-11(16)8-18-7-10/h5-6,10-11H,2-4,7-8H2,1H3. The molecule has 0 spiro atoms. The van der Waals surface area contributed by atoms with Gasteiger partial charge in [-0.25, -0.2) is 14.8 Å². The first-order valence-corrected chi connectivity index (χ1v) is 6.65. The molecule has 3 heterocycles. The summed E-state index contributed by atoms with van der Waals surface area (Å²) < 4.78 is 10.4. The van der Waals surface area contributed by atoms with Crippen LogP contribution in [0.1, 0.15) is 30.1 Å². The normalized spacial score (nSPS) is 25.4. The molecule has 0 aromatic carbocycles. The zero-order chi connectivity index (χ0) is 13.2. The second kappa shape index (κ2) is 5.13. The van der Waals surface area contributed by atoms with Crippen LogP contribution in [-0.4, -0.2) is 47.8 Å². The summed E-state index contributed by atoms with van der Waals surface area (Å²) in [5.74, 6) is 0.308. The Morgan fingerprint density at radius 3 is 2.58 bits per heavy atom. The number of aromatic nitrogens is 2. The van der Waals surface area contributed by atoms with Crippen molar-refractivity contribution in [2.45, 2.75) is 31.8 Å². The SMILES string of the molecule is CCOC(=O)c1cnc(N2C3CCC2COC3)nc1. The van der Waals surface area contributed by atoms with Gasteiger partial charge in [0.05, 0.1) is 37.5 Å². The van der Waals surface area contributed by atoms with Gasteiger partial charge < -0.3 is 14.4 Å². The third kappa shape index (κ3) is 2.28. The lowest BCUT2D eigenvalue weighted by atomic mass is 10.2. The van der Waals surface area contributed by atoms with Gasteiger partial charge in [0.15, 0.2) is 0 Å². The molecule has 6 nitrogen and oxygen atoms in total. The molecule has 2 aliphatic heterocycles. The van der Waals surface area contributed by atoms with Crippen molar-refractivity contribution >= 4 is 11.9 Å². The maximum absolute atomic E-state index is 11.5. The molecule has 0 N–H and O–H groups in total. The largest absolute Gasteiger partial charge is 0.462 e. The Morgan fingerprint density at radius 2 is 2.00 bits per heavy atom. The quantitative estimate of drug-likeness (QED) is 0.759. The second-order valence-electron chi connectivity index (χ2n) is 4.82. The number of morpholine rings is 1. The molecule has 3 rings (SSSR count). The lowest BCUT2D eigenvalue weighted by molar-refractivity contribution is 0.0525. The summed E-state index contributed by atoms with van der Waals surface area (Å²) >= 11 is 0. The number of ether oxygens (including phenoxy) is 2. The Kier molecular flexibility index (Phi) is 3.33. The van der Waals surface area contributed by atoms with Crippen LogP contribution in [0.4, 0.5) is 5.95 Å². The van der Waals surface area contributed by atoms with Gasteiger partial charge in [-0.15, -0.1) is 0 Å². The molecule has 0 radical (unpaired) electrons. The highest BCUT2D eigenvalue weighted by Gasteiger charge is 2.38. The number of esters is 1. The molecule has 2 saturated heterocycles. The minimum atomic E-state index is -0.376. The van der Waals surface area contributed by atoms with E-state index in [2.05, 4.69) is 14.9 Å². The summed E-state index contributed by atoms with van der Waals surface area (Å²) in [6.07, 6.45) is 5.31. The lowest BCUT2D eigenvalue weighted by Gasteiger charge is -2.34. The van der Waals surface area contributed by atoms with Crippen molar-refractivity contribution in [1.29, 1.82) is 0 Å². The maximum atomic E-state index is 11.5. The number of fused-ring (bicyclic) bond motifs is 2. The summed E-state index contributed by atoms with van der Waals surface area (Å²) in [6.45, 7) is 3.60. The molecule has 2 bridgehead atoms. The van der Waals surface area contributed by atoms with E-state index < -0.39 is 0 Å². The van der Waals surface area contributed by atoms with E-state index in [0.29, 0.717) is 30.2 Å². The van der Waals surface area contributed by atoms with Crippen molar-refractivity contribution in [1.82, 2.24) is 9.97 Å². The average molecular weight is 263 g/mol. The Morgan fingerprint density at radius 1 is 1.37 bits per heavy atom. The van der Waals surface area contributed by atoms with Crippen molar-refractivity contribution in [3.8, 4) is 0 Å². The van der Waals surface area contributed by atoms with Crippen LogP contribution >= 0.6 is 0 Å². The van der Waals surface area contributed by atoms with Crippen molar-refractivity contribution in [3.63, 3.8) is 0 Å². The first-order chi connectivity index (χ1) is 9.29. The first-order valence-electron chi connectivity index (χ1n) is 6.65. The van der Waals surface area contributed by atoms with E-state index in [1.54, 1.807) is 6.92 Å². The number of hydrogen-bond donors (Lipinski definition) is 0. The molecule has 6 heteroatoms. The molecule has 0 aliphatic carbocycles. The summed E-state index contributed by atoms with van der Waals surface area (Å²) in [5.41, 5.74) is 0.395. The number of carbonyl (C=O) groups excluding carboxylic acids is 1. The molecule has 2 atom stereocenters. The molecular weight excluding hydrogens is 246 g/mol. The monoisotopic (exact) mass is 263 g/mol. The number of rotatable bonds is 3. The molecule has 1 aromatic heterocycles. The van der Waals surface area contributed by atoms with Crippen molar-refractivity contribution in [3.05, 3.63) is 18.0 Å². The highest BCUT2D eigenvalue weighted by molar-refractivity contribution is 5.88. The second-order valence-corrected chi connectivity index (χ2v) is 4.82. The third-order valence-corrected chi connectivity index (χ3v) is 3.62. The molecule has 2 aliphatic rings. The topological polar surface area (TPSA) is 64.5 Å². The van der Waals surface area contributed by atoms with Gasteiger partial charge in [-0.05, 0) is 19.8 Å². The zero-order valence-corrected chi connectivity index (χ0v) is 10.9. The van der Waals surface area contributed by atoms with Gasteiger partial charge in [0.25, 0.3) is 0 Å². The van der Waals surface area contributed by atoms with E-state index in [4.69, 9.17) is 9.47 Å². The summed E-state index contributed by atoms with van der Waals surface area (Å²) in [5, 5.41) is 0. The molecular formula is C13H17N3O3. The van der Waals surface area contributed by atoms with Crippen LogP contribution in [0.3, 0.4) is 0 Å². The van der Waals surface area contributed by atoms with Crippen LogP contribution < -0.4 is 4.90 Å². The molecule has 102 valence electrons. The van der Waals surface area contributed by atoms with Gasteiger partial charge in [0.2, 0.25) is 5.95 Å². The van der Waals surface area contributed by atoms with Gasteiger partial charge >= 0.3 is 5.97 Å². The van der Waals surface area contributed by atoms with Crippen LogP contribution in [-0.2, 0) is 9.47 Å². The number of hydrogen-bond acceptors (Lipinski definition) is 6. The van der Waals surface area contributed by atoms with E-state index in [-0.39, 0.29) is 5.97 Å². The zero-order valence-electron chi connectivity index (χ0n) is 10.9. The van der Waals surface area contributed by atoms with Gasteiger partial charge in [0.1, 0.15) is 0 Å². The predicted molar refractivity (Wildman–Crippen MR) is 68.1 cm³/mol. The maximum Gasteiger partial charge on any atom is 0.341 e. The Labute approximate surface area is 111 Å². The highest BCUT2D eigenvalue weighted by Crippen LogP contribution is 2.31. The van der Waals surface area contributed by atoms with Crippen LogP contribution in [0.25, 0.3) is 0 Å². The molecule has 2 unspecified atom stereocenters. The van der Waals surface area contributed by atoms with E-state index in [0.717, 1.165) is 26.1 Å². The van der Waals surface area contributed by atoms with Crippen LogP contribution in [0.5, 0.6) is 0 Å².